The van der Waals surface area contributed by atoms with Gasteiger partial charge in [0.05, 0.1) is 32.9 Å². The number of hydrogen-bond acceptors (Lipinski definition) is 7. The number of methoxy groups -OCH3 is 2. The topological polar surface area (TPSA) is 107 Å². The minimum absolute atomic E-state index is 0.0373. The van der Waals surface area contributed by atoms with Crippen LogP contribution in [0.1, 0.15) is 37.3 Å². The van der Waals surface area contributed by atoms with E-state index in [0.717, 1.165) is 16.8 Å². The molecule has 0 aliphatic carbocycles. The fourth-order valence-corrected chi connectivity index (χ4v) is 3.44. The largest absolute Gasteiger partial charge is 0.493 e. The Morgan fingerprint density at radius 1 is 1.03 bits per heavy atom. The van der Waals surface area contributed by atoms with Crippen LogP contribution in [0.2, 0.25) is 0 Å². The Morgan fingerprint density at radius 3 is 2.47 bits per heavy atom. The highest BCUT2D eigenvalue weighted by Crippen LogP contribution is 2.27. The molecule has 1 aliphatic rings. The number of nitrogens with zero attached hydrogens (tertiary/aromatic N) is 2. The number of hydrazone groups is 1. The van der Waals surface area contributed by atoms with Gasteiger partial charge in [-0.15, -0.1) is 0 Å². The summed E-state index contributed by atoms with van der Waals surface area (Å²) >= 11 is 0. The first-order valence-electron chi connectivity index (χ1n) is 11.0. The van der Waals surface area contributed by atoms with Gasteiger partial charge in [0.1, 0.15) is 0 Å². The van der Waals surface area contributed by atoms with E-state index in [9.17, 15) is 14.4 Å². The molecule has 0 aromatic heterocycles. The quantitative estimate of drug-likeness (QED) is 0.539. The lowest BCUT2D eigenvalue weighted by Gasteiger charge is -2.15. The van der Waals surface area contributed by atoms with Crippen molar-refractivity contribution in [1.29, 1.82) is 0 Å². The molecule has 9 nitrogen and oxygen atoms in total. The maximum atomic E-state index is 12.4. The van der Waals surface area contributed by atoms with Crippen LogP contribution >= 0.6 is 0 Å². The summed E-state index contributed by atoms with van der Waals surface area (Å²) in [5.74, 6) is -0.171. The molecule has 0 radical (unpaired) electrons. The van der Waals surface area contributed by atoms with Gasteiger partial charge >= 0.3 is 5.97 Å². The van der Waals surface area contributed by atoms with E-state index in [1.165, 1.54) is 19.0 Å². The molecular weight excluding hydrogens is 438 g/mol. The second-order valence-electron chi connectivity index (χ2n) is 7.72. The van der Waals surface area contributed by atoms with E-state index >= 15 is 0 Å². The van der Waals surface area contributed by atoms with Gasteiger partial charge in [-0.1, -0.05) is 36.4 Å². The molecule has 1 atom stereocenters. The predicted molar refractivity (Wildman–Crippen MR) is 125 cm³/mol. The van der Waals surface area contributed by atoms with Crippen molar-refractivity contribution in [2.45, 2.75) is 38.8 Å². The Balaban J connectivity index is 1.41. The number of carbonyl (C=O) groups excluding carboxylic acids is 3. The van der Waals surface area contributed by atoms with E-state index in [1.54, 1.807) is 25.3 Å². The monoisotopic (exact) mass is 467 g/mol. The normalized spacial score (nSPS) is 13.6. The lowest BCUT2D eigenvalue weighted by atomic mass is 10.1. The number of ether oxygens (including phenoxy) is 3. The third kappa shape index (κ3) is 6.57. The van der Waals surface area contributed by atoms with E-state index in [1.807, 2.05) is 30.3 Å². The van der Waals surface area contributed by atoms with Crippen LogP contribution in [0, 0.1) is 0 Å². The summed E-state index contributed by atoms with van der Waals surface area (Å²) < 4.78 is 15.6. The van der Waals surface area contributed by atoms with E-state index < -0.39 is 18.0 Å². The second kappa shape index (κ2) is 11.8. The third-order valence-electron chi connectivity index (χ3n) is 5.33. The zero-order valence-corrected chi connectivity index (χ0v) is 19.6. The van der Waals surface area contributed by atoms with Gasteiger partial charge in [-0.05, 0) is 30.2 Å². The lowest BCUT2D eigenvalue weighted by Crippen LogP contribution is -2.35. The standard InChI is InChI=1S/C25H29N3O6/c1-17(25(31)26-16-18-9-10-21(32-2)22(15-18)33-3)34-24(30)12-11-23(29)28-14-13-20(27-28)19-7-5-4-6-8-19/h4-10,15,17H,11-14,16H2,1-3H3,(H,26,31). The van der Waals surface area contributed by atoms with Gasteiger partial charge in [0.25, 0.3) is 5.91 Å². The zero-order chi connectivity index (χ0) is 24.5. The van der Waals surface area contributed by atoms with Crippen LogP contribution in [-0.4, -0.2) is 55.4 Å². The summed E-state index contributed by atoms with van der Waals surface area (Å²) in [7, 11) is 3.08. The van der Waals surface area contributed by atoms with Gasteiger partial charge in [-0.2, -0.15) is 5.10 Å². The molecule has 0 saturated heterocycles. The van der Waals surface area contributed by atoms with Crippen LogP contribution in [0.3, 0.4) is 0 Å². The molecular formula is C25H29N3O6. The van der Waals surface area contributed by atoms with E-state index in [0.29, 0.717) is 24.5 Å². The van der Waals surface area contributed by atoms with Crippen molar-refractivity contribution in [3.05, 3.63) is 59.7 Å². The fourth-order valence-electron chi connectivity index (χ4n) is 3.44. The summed E-state index contributed by atoms with van der Waals surface area (Å²) in [5, 5.41) is 8.47. The highest BCUT2D eigenvalue weighted by molar-refractivity contribution is 6.02. The Bertz CT molecular complexity index is 1050. The fraction of sp³-hybridized carbons (Fsp3) is 0.360. The molecule has 2 amide bonds. The van der Waals surface area contributed by atoms with Gasteiger partial charge in [0.15, 0.2) is 17.6 Å². The highest BCUT2D eigenvalue weighted by atomic mass is 16.5. The molecule has 2 aromatic carbocycles. The van der Waals surface area contributed by atoms with E-state index in [-0.39, 0.29) is 25.3 Å². The maximum absolute atomic E-state index is 12.4. The molecule has 0 fully saturated rings. The predicted octanol–water partition coefficient (Wildman–Crippen LogP) is 2.67. The van der Waals surface area contributed by atoms with Crippen molar-refractivity contribution in [3.63, 3.8) is 0 Å². The van der Waals surface area contributed by atoms with E-state index in [4.69, 9.17) is 14.2 Å². The molecule has 1 aliphatic heterocycles. The van der Waals surface area contributed by atoms with E-state index in [2.05, 4.69) is 10.4 Å². The molecule has 3 rings (SSSR count). The minimum atomic E-state index is -0.989. The van der Waals surface area contributed by atoms with Crippen LogP contribution < -0.4 is 14.8 Å². The SMILES string of the molecule is COc1ccc(CNC(=O)C(C)OC(=O)CCC(=O)N2CCC(c3ccccc3)=N2)cc1OC. The molecule has 0 spiro atoms. The molecule has 9 heteroatoms. The Kier molecular flexibility index (Phi) is 8.61. The third-order valence-corrected chi connectivity index (χ3v) is 5.33. The number of benzene rings is 2. The summed E-state index contributed by atoms with van der Waals surface area (Å²) in [6.07, 6.45) is -0.488. The van der Waals surface area contributed by atoms with Gasteiger partial charge in [0, 0.05) is 19.4 Å². The molecule has 34 heavy (non-hydrogen) atoms. The summed E-state index contributed by atoms with van der Waals surface area (Å²) in [6, 6.07) is 15.0. The lowest BCUT2D eigenvalue weighted by molar-refractivity contribution is -0.155. The molecule has 1 unspecified atom stereocenters. The zero-order valence-electron chi connectivity index (χ0n) is 19.6. The van der Waals surface area contributed by atoms with Crippen molar-refractivity contribution >= 4 is 23.5 Å². The molecule has 0 saturated carbocycles. The number of hydrogen-bond donors (Lipinski definition) is 1. The van der Waals surface area contributed by atoms with Crippen LogP contribution in [0.25, 0.3) is 0 Å². The van der Waals surface area contributed by atoms with Gasteiger partial charge in [0.2, 0.25) is 5.91 Å². The Morgan fingerprint density at radius 2 is 1.76 bits per heavy atom. The number of rotatable bonds is 10. The first-order valence-corrected chi connectivity index (χ1v) is 11.0. The van der Waals surface area contributed by atoms with Crippen molar-refractivity contribution in [2.24, 2.45) is 5.10 Å². The molecule has 0 bridgehead atoms. The van der Waals surface area contributed by atoms with Crippen molar-refractivity contribution in [3.8, 4) is 11.5 Å². The summed E-state index contributed by atoms with van der Waals surface area (Å²) in [5.41, 5.74) is 2.62. The number of nitrogens with one attached hydrogen (secondary N) is 1. The molecule has 2 aromatic rings. The minimum Gasteiger partial charge on any atom is -0.493 e. The van der Waals surface area contributed by atoms with Gasteiger partial charge in [-0.25, -0.2) is 5.01 Å². The van der Waals surface area contributed by atoms with Crippen LogP contribution in [0.5, 0.6) is 11.5 Å². The molecule has 1 heterocycles. The summed E-state index contributed by atoms with van der Waals surface area (Å²) in [4.78, 5) is 36.9. The average molecular weight is 468 g/mol. The van der Waals surface area contributed by atoms with Gasteiger partial charge in [-0.3, -0.25) is 14.4 Å². The number of amides is 2. The van der Waals surface area contributed by atoms with Crippen LogP contribution in [-0.2, 0) is 25.7 Å². The first-order chi connectivity index (χ1) is 16.4. The highest BCUT2D eigenvalue weighted by Gasteiger charge is 2.23. The van der Waals surface area contributed by atoms with Crippen molar-refractivity contribution < 1.29 is 28.6 Å². The molecule has 1 N–H and O–H groups in total. The first kappa shape index (κ1) is 24.8. The number of esters is 1. The van der Waals surface area contributed by atoms with Crippen LogP contribution in [0.4, 0.5) is 0 Å². The smallest absolute Gasteiger partial charge is 0.307 e. The Labute approximate surface area is 198 Å². The summed E-state index contributed by atoms with van der Waals surface area (Å²) in [6.45, 7) is 2.20. The van der Waals surface area contributed by atoms with Crippen LogP contribution in [0.15, 0.2) is 53.6 Å². The molecule has 180 valence electrons. The Hall–Kier alpha value is -3.88. The van der Waals surface area contributed by atoms with Crippen molar-refractivity contribution in [2.75, 3.05) is 20.8 Å². The maximum Gasteiger partial charge on any atom is 0.307 e. The number of carbonyl (C=O) groups is 3. The average Bonchev–Trinajstić information content (AvgIpc) is 3.36. The van der Waals surface area contributed by atoms with Gasteiger partial charge < -0.3 is 19.5 Å². The second-order valence-corrected chi connectivity index (χ2v) is 7.72. The van der Waals surface area contributed by atoms with Crippen molar-refractivity contribution in [1.82, 2.24) is 10.3 Å².